The number of nitrogens with zero attached hydrogens (tertiary/aromatic N) is 1. The molecule has 7 heteroatoms. The van der Waals surface area contributed by atoms with Crippen LogP contribution in [-0.2, 0) is 9.59 Å². The number of methoxy groups -OCH3 is 1. The molecule has 1 fully saturated rings. The van der Waals surface area contributed by atoms with Crippen LogP contribution in [0.25, 0.3) is 10.8 Å². The van der Waals surface area contributed by atoms with Crippen LogP contribution in [0.5, 0.6) is 5.75 Å². The summed E-state index contributed by atoms with van der Waals surface area (Å²) in [5.74, 6) is -0.0155. The predicted octanol–water partition coefficient (Wildman–Crippen LogP) is 4.30. The number of amides is 3. The summed E-state index contributed by atoms with van der Waals surface area (Å²) in [7, 11) is 1.53. The van der Waals surface area contributed by atoms with Crippen molar-refractivity contribution in [1.29, 1.82) is 0 Å². The number of carbonyl (C=O) groups excluding carboxylic acids is 3. The molecule has 33 heavy (non-hydrogen) atoms. The molecule has 0 spiro atoms. The molecule has 3 aromatic carbocycles. The predicted molar refractivity (Wildman–Crippen MR) is 129 cm³/mol. The molecule has 0 aliphatic carbocycles. The van der Waals surface area contributed by atoms with Gasteiger partial charge in [-0.1, -0.05) is 36.4 Å². The number of carbonyl (C=O) groups is 3. The Hall–Kier alpha value is -3.87. The van der Waals surface area contributed by atoms with Crippen LogP contribution in [0.2, 0.25) is 0 Å². The van der Waals surface area contributed by atoms with Crippen molar-refractivity contribution in [3.63, 3.8) is 0 Å². The molecule has 0 unspecified atom stereocenters. The minimum atomic E-state index is -0.212. The Kier molecular flexibility index (Phi) is 6.58. The molecule has 1 aliphatic heterocycles. The van der Waals surface area contributed by atoms with Crippen LogP contribution in [0.1, 0.15) is 30.1 Å². The van der Waals surface area contributed by atoms with Gasteiger partial charge in [0.05, 0.1) is 12.8 Å². The average molecular weight is 446 g/mol. The number of fused-ring (bicyclic) bond motifs is 1. The van der Waals surface area contributed by atoms with Crippen molar-refractivity contribution < 1.29 is 19.1 Å². The van der Waals surface area contributed by atoms with Crippen molar-refractivity contribution in [2.24, 2.45) is 5.92 Å². The van der Waals surface area contributed by atoms with Gasteiger partial charge in [-0.25, -0.2) is 0 Å². The lowest BCUT2D eigenvalue weighted by molar-refractivity contribution is -0.121. The summed E-state index contributed by atoms with van der Waals surface area (Å²) in [5, 5.41) is 7.61. The standard InChI is InChI=1S/C26H27N3O4/c1-17(30)27-20-10-11-24(33-2)23(16-20)28-25(31)19-12-14-29(15-13-19)26(32)22-9-5-7-18-6-3-4-8-21(18)22/h3-11,16,19H,12-15H2,1-2H3,(H,27,30)(H,28,31). The van der Waals surface area contributed by atoms with E-state index in [2.05, 4.69) is 10.6 Å². The van der Waals surface area contributed by atoms with Crippen LogP contribution in [-0.4, -0.2) is 42.8 Å². The minimum Gasteiger partial charge on any atom is -0.495 e. The topological polar surface area (TPSA) is 87.7 Å². The molecule has 2 N–H and O–H groups in total. The second kappa shape index (κ2) is 9.73. The summed E-state index contributed by atoms with van der Waals surface area (Å²) in [5.41, 5.74) is 1.77. The van der Waals surface area contributed by atoms with Crippen LogP contribution >= 0.6 is 0 Å². The third-order valence-corrected chi connectivity index (χ3v) is 5.95. The fraction of sp³-hybridized carbons (Fsp3) is 0.269. The number of anilines is 2. The Morgan fingerprint density at radius 1 is 0.939 bits per heavy atom. The van der Waals surface area contributed by atoms with Crippen molar-refractivity contribution in [2.45, 2.75) is 19.8 Å². The average Bonchev–Trinajstić information content (AvgIpc) is 2.83. The van der Waals surface area contributed by atoms with Crippen molar-refractivity contribution >= 4 is 39.9 Å². The number of piperidine rings is 1. The van der Waals surface area contributed by atoms with Crippen LogP contribution in [0.15, 0.2) is 60.7 Å². The van der Waals surface area contributed by atoms with Gasteiger partial charge in [0.1, 0.15) is 5.75 Å². The first-order chi connectivity index (χ1) is 16.0. The SMILES string of the molecule is COc1ccc(NC(C)=O)cc1NC(=O)C1CCN(C(=O)c2cccc3ccccc23)CC1. The van der Waals surface area contributed by atoms with E-state index in [1.807, 2.05) is 47.4 Å². The third kappa shape index (κ3) is 4.98. The second-order valence-electron chi connectivity index (χ2n) is 8.18. The molecule has 0 saturated carbocycles. The van der Waals surface area contributed by atoms with Gasteiger partial charge in [0.15, 0.2) is 0 Å². The van der Waals surface area contributed by atoms with Crippen molar-refractivity contribution in [1.82, 2.24) is 4.90 Å². The smallest absolute Gasteiger partial charge is 0.254 e. The van der Waals surface area contributed by atoms with Gasteiger partial charge in [-0.3, -0.25) is 14.4 Å². The van der Waals surface area contributed by atoms with Crippen molar-refractivity contribution in [3.8, 4) is 5.75 Å². The van der Waals surface area contributed by atoms with E-state index in [0.29, 0.717) is 48.6 Å². The summed E-state index contributed by atoms with van der Waals surface area (Å²) >= 11 is 0. The third-order valence-electron chi connectivity index (χ3n) is 5.95. The summed E-state index contributed by atoms with van der Waals surface area (Å²) < 4.78 is 5.35. The minimum absolute atomic E-state index is 0.00432. The number of benzene rings is 3. The molecule has 4 rings (SSSR count). The van der Waals surface area contributed by atoms with Gasteiger partial charge >= 0.3 is 0 Å². The molecule has 1 saturated heterocycles. The van der Waals surface area contributed by atoms with Crippen LogP contribution in [0.4, 0.5) is 11.4 Å². The highest BCUT2D eigenvalue weighted by Gasteiger charge is 2.29. The molecule has 0 atom stereocenters. The highest BCUT2D eigenvalue weighted by atomic mass is 16.5. The molecule has 170 valence electrons. The van der Waals surface area contributed by atoms with Gasteiger partial charge in [0.2, 0.25) is 11.8 Å². The fourth-order valence-electron chi connectivity index (χ4n) is 4.25. The summed E-state index contributed by atoms with van der Waals surface area (Å²) in [6, 6.07) is 18.7. The Morgan fingerprint density at radius 3 is 2.39 bits per heavy atom. The molecule has 7 nitrogen and oxygen atoms in total. The highest BCUT2D eigenvalue weighted by Crippen LogP contribution is 2.30. The summed E-state index contributed by atoms with van der Waals surface area (Å²) in [6.07, 6.45) is 1.16. The summed E-state index contributed by atoms with van der Waals surface area (Å²) in [4.78, 5) is 39.3. The number of likely N-dealkylation sites (tertiary alicyclic amines) is 1. The lowest BCUT2D eigenvalue weighted by Gasteiger charge is -2.31. The Bertz CT molecular complexity index is 1190. The van der Waals surface area contributed by atoms with Gasteiger partial charge in [-0.2, -0.15) is 0 Å². The Balaban J connectivity index is 1.41. The van der Waals surface area contributed by atoms with E-state index >= 15 is 0 Å². The van der Waals surface area contributed by atoms with E-state index in [4.69, 9.17) is 4.74 Å². The first kappa shape index (κ1) is 22.3. The van der Waals surface area contributed by atoms with E-state index < -0.39 is 0 Å². The zero-order chi connectivity index (χ0) is 23.4. The first-order valence-electron chi connectivity index (χ1n) is 11.0. The molecule has 0 aromatic heterocycles. The lowest BCUT2D eigenvalue weighted by Crippen LogP contribution is -2.41. The fourth-order valence-corrected chi connectivity index (χ4v) is 4.25. The maximum atomic E-state index is 13.2. The Morgan fingerprint density at radius 2 is 1.67 bits per heavy atom. The normalized spacial score (nSPS) is 14.1. The van der Waals surface area contributed by atoms with Gasteiger partial charge in [0.25, 0.3) is 5.91 Å². The van der Waals surface area contributed by atoms with E-state index in [-0.39, 0.29) is 23.6 Å². The lowest BCUT2D eigenvalue weighted by atomic mass is 9.94. The molecule has 3 amide bonds. The Labute approximate surface area is 192 Å². The van der Waals surface area contributed by atoms with Crippen molar-refractivity contribution in [3.05, 3.63) is 66.2 Å². The van der Waals surface area contributed by atoms with Gasteiger partial charge in [0, 0.05) is 37.2 Å². The molecular weight excluding hydrogens is 418 g/mol. The van der Waals surface area contributed by atoms with E-state index in [9.17, 15) is 14.4 Å². The van der Waals surface area contributed by atoms with E-state index in [0.717, 1.165) is 10.8 Å². The van der Waals surface area contributed by atoms with Crippen LogP contribution < -0.4 is 15.4 Å². The molecule has 3 aromatic rings. The number of hydrogen-bond acceptors (Lipinski definition) is 4. The molecule has 1 aliphatic rings. The van der Waals surface area contributed by atoms with Crippen LogP contribution in [0, 0.1) is 5.92 Å². The quantitative estimate of drug-likeness (QED) is 0.613. The molecule has 0 radical (unpaired) electrons. The number of rotatable bonds is 5. The van der Waals surface area contributed by atoms with Gasteiger partial charge in [-0.05, 0) is 47.9 Å². The van der Waals surface area contributed by atoms with E-state index in [1.54, 1.807) is 18.2 Å². The zero-order valence-corrected chi connectivity index (χ0v) is 18.8. The monoisotopic (exact) mass is 445 g/mol. The number of nitrogens with one attached hydrogen (secondary N) is 2. The molecule has 1 heterocycles. The maximum Gasteiger partial charge on any atom is 0.254 e. The molecule has 0 bridgehead atoms. The van der Waals surface area contributed by atoms with Gasteiger partial charge in [-0.15, -0.1) is 0 Å². The van der Waals surface area contributed by atoms with E-state index in [1.165, 1.54) is 14.0 Å². The number of hydrogen-bond donors (Lipinski definition) is 2. The van der Waals surface area contributed by atoms with Crippen LogP contribution in [0.3, 0.4) is 0 Å². The first-order valence-corrected chi connectivity index (χ1v) is 11.0. The second-order valence-corrected chi connectivity index (χ2v) is 8.18. The summed E-state index contributed by atoms with van der Waals surface area (Å²) in [6.45, 7) is 2.46. The maximum absolute atomic E-state index is 13.2. The number of ether oxygens (including phenoxy) is 1. The van der Waals surface area contributed by atoms with Crippen molar-refractivity contribution in [2.75, 3.05) is 30.8 Å². The zero-order valence-electron chi connectivity index (χ0n) is 18.8. The molecular formula is C26H27N3O4. The van der Waals surface area contributed by atoms with Gasteiger partial charge < -0.3 is 20.3 Å². The largest absolute Gasteiger partial charge is 0.495 e. The highest BCUT2D eigenvalue weighted by molar-refractivity contribution is 6.07.